The van der Waals surface area contributed by atoms with E-state index in [4.69, 9.17) is 11.6 Å². The van der Waals surface area contributed by atoms with Crippen molar-refractivity contribution in [3.8, 4) is 0 Å². The van der Waals surface area contributed by atoms with Gasteiger partial charge in [0, 0.05) is 18.1 Å². The second-order valence-corrected chi connectivity index (χ2v) is 6.01. The highest BCUT2D eigenvalue weighted by Crippen LogP contribution is 2.15. The highest BCUT2D eigenvalue weighted by molar-refractivity contribution is 6.30. The molecule has 0 amide bonds. The fraction of sp³-hybridized carbons (Fsp3) is 0.316. The van der Waals surface area contributed by atoms with E-state index in [9.17, 15) is 5.11 Å². The van der Waals surface area contributed by atoms with Gasteiger partial charge in [-0.1, -0.05) is 48.0 Å². The molecule has 128 valence electrons. The summed E-state index contributed by atoms with van der Waals surface area (Å²) >= 11 is 5.87. The standard InChI is InChI=1S/C19H24ClN3O/c1-3-21-19(22-12-16-7-5-4-6-14(16)2)23-13-18(24)15-8-10-17(20)11-9-15/h4-11,18,24H,3,12-13H2,1-2H3,(H2,21,22,23). The van der Waals surface area contributed by atoms with E-state index in [1.807, 2.05) is 31.2 Å². The first kappa shape index (κ1) is 18.3. The molecule has 3 N–H and O–H groups in total. The number of aryl methyl sites for hydroxylation is 1. The van der Waals surface area contributed by atoms with Gasteiger partial charge in [-0.05, 0) is 42.7 Å². The van der Waals surface area contributed by atoms with E-state index in [0.717, 1.165) is 12.1 Å². The molecule has 0 bridgehead atoms. The van der Waals surface area contributed by atoms with Crippen LogP contribution in [-0.4, -0.2) is 24.2 Å². The lowest BCUT2D eigenvalue weighted by Gasteiger charge is -2.16. The van der Waals surface area contributed by atoms with Gasteiger partial charge in [0.15, 0.2) is 5.96 Å². The fourth-order valence-corrected chi connectivity index (χ4v) is 2.42. The van der Waals surface area contributed by atoms with E-state index in [2.05, 4.69) is 34.7 Å². The largest absolute Gasteiger partial charge is 0.387 e. The second kappa shape index (κ2) is 9.30. The summed E-state index contributed by atoms with van der Waals surface area (Å²) in [5, 5.41) is 17.3. The van der Waals surface area contributed by atoms with Crippen LogP contribution < -0.4 is 10.6 Å². The van der Waals surface area contributed by atoms with E-state index in [1.165, 1.54) is 11.1 Å². The molecule has 1 atom stereocenters. The van der Waals surface area contributed by atoms with Crippen LogP contribution in [0.2, 0.25) is 5.02 Å². The monoisotopic (exact) mass is 345 g/mol. The second-order valence-electron chi connectivity index (χ2n) is 5.57. The minimum atomic E-state index is -0.621. The van der Waals surface area contributed by atoms with Gasteiger partial charge in [0.05, 0.1) is 12.6 Å². The summed E-state index contributed by atoms with van der Waals surface area (Å²) in [5.41, 5.74) is 3.23. The van der Waals surface area contributed by atoms with Gasteiger partial charge in [0.2, 0.25) is 0 Å². The van der Waals surface area contributed by atoms with Crippen molar-refractivity contribution in [2.75, 3.05) is 13.1 Å². The first-order chi connectivity index (χ1) is 11.6. The molecule has 24 heavy (non-hydrogen) atoms. The van der Waals surface area contributed by atoms with Crippen LogP contribution in [0.25, 0.3) is 0 Å². The van der Waals surface area contributed by atoms with Crippen molar-refractivity contribution >= 4 is 17.6 Å². The normalized spacial score (nSPS) is 12.8. The zero-order valence-corrected chi connectivity index (χ0v) is 14.8. The number of benzene rings is 2. The molecule has 4 nitrogen and oxygen atoms in total. The van der Waals surface area contributed by atoms with Gasteiger partial charge in [0.25, 0.3) is 0 Å². The van der Waals surface area contributed by atoms with Crippen molar-refractivity contribution in [1.29, 1.82) is 0 Å². The van der Waals surface area contributed by atoms with Crippen LogP contribution in [0.5, 0.6) is 0 Å². The molecule has 2 aromatic carbocycles. The first-order valence-electron chi connectivity index (χ1n) is 8.10. The molecule has 0 heterocycles. The van der Waals surface area contributed by atoms with Crippen molar-refractivity contribution in [1.82, 2.24) is 10.6 Å². The van der Waals surface area contributed by atoms with Crippen LogP contribution in [0.4, 0.5) is 0 Å². The van der Waals surface area contributed by atoms with E-state index >= 15 is 0 Å². The first-order valence-corrected chi connectivity index (χ1v) is 8.48. The number of guanidine groups is 1. The topological polar surface area (TPSA) is 56.7 Å². The van der Waals surface area contributed by atoms with Gasteiger partial charge in [-0.3, -0.25) is 0 Å². The summed E-state index contributed by atoms with van der Waals surface area (Å²) in [6.07, 6.45) is -0.621. The Hall–Kier alpha value is -2.04. The highest BCUT2D eigenvalue weighted by Gasteiger charge is 2.08. The lowest BCUT2D eigenvalue weighted by Crippen LogP contribution is -2.39. The van der Waals surface area contributed by atoms with Gasteiger partial charge in [-0.2, -0.15) is 0 Å². The Morgan fingerprint density at radius 3 is 2.50 bits per heavy atom. The van der Waals surface area contributed by atoms with E-state index in [1.54, 1.807) is 12.1 Å². The van der Waals surface area contributed by atoms with Crippen LogP contribution in [0.15, 0.2) is 53.5 Å². The molecular formula is C19H24ClN3O. The molecule has 0 aliphatic carbocycles. The van der Waals surface area contributed by atoms with Gasteiger partial charge in [0.1, 0.15) is 0 Å². The number of aliphatic hydroxyl groups excluding tert-OH is 1. The molecule has 0 aliphatic heterocycles. The number of rotatable bonds is 6. The van der Waals surface area contributed by atoms with Crippen molar-refractivity contribution in [2.24, 2.45) is 4.99 Å². The van der Waals surface area contributed by atoms with Crippen LogP contribution in [0.1, 0.15) is 29.7 Å². The van der Waals surface area contributed by atoms with Gasteiger partial charge in [-0.25, -0.2) is 4.99 Å². The average Bonchev–Trinajstić information content (AvgIpc) is 2.59. The zero-order chi connectivity index (χ0) is 17.4. The molecule has 0 spiro atoms. The number of nitrogens with one attached hydrogen (secondary N) is 2. The predicted octanol–water partition coefficient (Wildman–Crippen LogP) is 3.44. The summed E-state index contributed by atoms with van der Waals surface area (Å²) in [7, 11) is 0. The van der Waals surface area contributed by atoms with E-state index in [0.29, 0.717) is 24.1 Å². The predicted molar refractivity (Wildman–Crippen MR) is 100 cm³/mol. The van der Waals surface area contributed by atoms with Gasteiger partial charge in [-0.15, -0.1) is 0 Å². The Bertz CT molecular complexity index is 671. The van der Waals surface area contributed by atoms with Crippen molar-refractivity contribution in [3.63, 3.8) is 0 Å². The highest BCUT2D eigenvalue weighted by atomic mass is 35.5. The van der Waals surface area contributed by atoms with Crippen molar-refractivity contribution < 1.29 is 5.11 Å². The maximum Gasteiger partial charge on any atom is 0.191 e. The third-order valence-corrected chi connectivity index (χ3v) is 3.98. The van der Waals surface area contributed by atoms with Gasteiger partial charge >= 0.3 is 0 Å². The molecule has 2 rings (SSSR count). The Morgan fingerprint density at radius 1 is 1.12 bits per heavy atom. The molecule has 0 aromatic heterocycles. The number of halogens is 1. The number of aliphatic imine (C=N–C) groups is 1. The smallest absolute Gasteiger partial charge is 0.191 e. The van der Waals surface area contributed by atoms with Crippen molar-refractivity contribution in [2.45, 2.75) is 26.5 Å². The molecule has 0 fully saturated rings. The van der Waals surface area contributed by atoms with Crippen molar-refractivity contribution in [3.05, 3.63) is 70.2 Å². The molecule has 2 aromatic rings. The third kappa shape index (κ3) is 5.55. The number of aliphatic hydroxyl groups is 1. The van der Waals surface area contributed by atoms with E-state index in [-0.39, 0.29) is 0 Å². The minimum Gasteiger partial charge on any atom is -0.387 e. The molecular weight excluding hydrogens is 322 g/mol. The molecule has 0 aliphatic rings. The molecule has 1 unspecified atom stereocenters. The maximum atomic E-state index is 10.3. The van der Waals surface area contributed by atoms with E-state index < -0.39 is 6.10 Å². The molecule has 0 saturated carbocycles. The zero-order valence-electron chi connectivity index (χ0n) is 14.1. The van der Waals surface area contributed by atoms with Gasteiger partial charge < -0.3 is 15.7 Å². The summed E-state index contributed by atoms with van der Waals surface area (Å²) < 4.78 is 0. The Kier molecular flexibility index (Phi) is 7.09. The number of hydrogen-bond acceptors (Lipinski definition) is 2. The summed E-state index contributed by atoms with van der Waals surface area (Å²) in [6, 6.07) is 15.4. The quantitative estimate of drug-likeness (QED) is 0.555. The summed E-state index contributed by atoms with van der Waals surface area (Å²) in [4.78, 5) is 4.59. The minimum absolute atomic E-state index is 0.376. The lowest BCUT2D eigenvalue weighted by atomic mass is 10.1. The SMILES string of the molecule is CCNC(=NCc1ccccc1C)NCC(O)c1ccc(Cl)cc1. The Balaban J connectivity index is 1.96. The van der Waals surface area contributed by atoms with Crippen LogP contribution in [0.3, 0.4) is 0 Å². The fourth-order valence-electron chi connectivity index (χ4n) is 2.29. The number of nitrogens with zero attached hydrogens (tertiary/aromatic N) is 1. The molecule has 0 saturated heterocycles. The average molecular weight is 346 g/mol. The Morgan fingerprint density at radius 2 is 1.83 bits per heavy atom. The molecule has 0 radical (unpaired) electrons. The molecule has 5 heteroatoms. The summed E-state index contributed by atoms with van der Waals surface area (Å²) in [6.45, 7) is 5.83. The third-order valence-electron chi connectivity index (χ3n) is 3.73. The van der Waals surface area contributed by atoms with Crippen LogP contribution in [0, 0.1) is 6.92 Å². The Labute approximate surface area is 148 Å². The van der Waals surface area contributed by atoms with Crippen LogP contribution in [-0.2, 0) is 6.54 Å². The number of hydrogen-bond donors (Lipinski definition) is 3. The summed E-state index contributed by atoms with van der Waals surface area (Å²) in [5.74, 6) is 0.689. The van der Waals surface area contributed by atoms with Crippen LogP contribution >= 0.6 is 11.6 Å². The lowest BCUT2D eigenvalue weighted by molar-refractivity contribution is 0.181. The maximum absolute atomic E-state index is 10.3.